The van der Waals surface area contributed by atoms with Crippen LogP contribution >= 0.6 is 0 Å². The van der Waals surface area contributed by atoms with Gasteiger partial charge in [0.25, 0.3) is 5.95 Å². The average Bonchev–Trinajstić information content (AvgIpc) is 2.95. The van der Waals surface area contributed by atoms with Crippen molar-refractivity contribution in [3.05, 3.63) is 53.3 Å². The Balaban J connectivity index is 2.08. The molecule has 6 nitrogen and oxygen atoms in total. The summed E-state index contributed by atoms with van der Waals surface area (Å²) in [6, 6.07) is 12.2. The molecule has 114 valence electrons. The van der Waals surface area contributed by atoms with Gasteiger partial charge in [-0.3, -0.25) is 0 Å². The summed E-state index contributed by atoms with van der Waals surface area (Å²) in [7, 11) is 0. The van der Waals surface area contributed by atoms with Crippen molar-refractivity contribution in [1.29, 1.82) is 5.26 Å². The van der Waals surface area contributed by atoms with Crippen molar-refractivity contribution in [2.75, 3.05) is 5.73 Å². The molecule has 2 N–H and O–H groups in total. The monoisotopic (exact) mass is 304 g/mol. The second kappa shape index (κ2) is 5.89. The number of nitriles is 1. The molecule has 0 bridgehead atoms. The first-order valence-corrected chi connectivity index (χ1v) is 7.31. The standard InChI is InChI=1S/C17H16N6/c1-3-12-4-6-13(7-5-12)15-8-11(2)21-17(22-15)23-16(19)14(9-18)10-20-23/h4-8,10H,3,19H2,1-2H3. The summed E-state index contributed by atoms with van der Waals surface area (Å²) in [6.07, 6.45) is 2.41. The van der Waals surface area contributed by atoms with Gasteiger partial charge >= 0.3 is 0 Å². The highest BCUT2D eigenvalue weighted by atomic mass is 15.4. The minimum absolute atomic E-state index is 0.241. The number of aryl methyl sites for hydroxylation is 2. The Morgan fingerprint density at radius 2 is 1.96 bits per heavy atom. The summed E-state index contributed by atoms with van der Waals surface area (Å²) in [5, 5.41) is 13.1. The van der Waals surface area contributed by atoms with Gasteiger partial charge in [-0.1, -0.05) is 31.2 Å². The summed E-state index contributed by atoms with van der Waals surface area (Å²) < 4.78 is 1.38. The lowest BCUT2D eigenvalue weighted by atomic mass is 10.1. The van der Waals surface area contributed by atoms with Gasteiger partial charge in [0.2, 0.25) is 0 Å². The molecule has 0 atom stereocenters. The molecular formula is C17H16N6. The lowest BCUT2D eigenvalue weighted by Crippen LogP contribution is -2.08. The molecule has 1 aromatic carbocycles. The van der Waals surface area contributed by atoms with E-state index < -0.39 is 0 Å². The zero-order chi connectivity index (χ0) is 16.4. The first-order chi connectivity index (χ1) is 11.1. The largest absolute Gasteiger partial charge is 0.382 e. The van der Waals surface area contributed by atoms with Crippen LogP contribution < -0.4 is 5.73 Å². The lowest BCUT2D eigenvalue weighted by molar-refractivity contribution is 0.812. The van der Waals surface area contributed by atoms with Gasteiger partial charge in [-0.2, -0.15) is 15.0 Å². The number of hydrogen-bond donors (Lipinski definition) is 1. The molecule has 0 unspecified atom stereocenters. The maximum Gasteiger partial charge on any atom is 0.253 e. The van der Waals surface area contributed by atoms with Crippen molar-refractivity contribution in [2.45, 2.75) is 20.3 Å². The lowest BCUT2D eigenvalue weighted by Gasteiger charge is -2.08. The molecule has 0 aliphatic heterocycles. The van der Waals surface area contributed by atoms with Gasteiger partial charge in [0.05, 0.1) is 11.9 Å². The maximum atomic E-state index is 8.99. The number of rotatable bonds is 3. The fourth-order valence-corrected chi connectivity index (χ4v) is 2.31. The molecule has 0 radical (unpaired) electrons. The SMILES string of the molecule is CCc1ccc(-c2cc(C)nc(-n3ncc(C#N)c3N)n2)cc1. The van der Waals surface area contributed by atoms with Crippen molar-refractivity contribution in [2.24, 2.45) is 0 Å². The highest BCUT2D eigenvalue weighted by molar-refractivity contribution is 5.61. The Labute approximate surface area is 134 Å². The third-order valence-electron chi connectivity index (χ3n) is 3.62. The van der Waals surface area contributed by atoms with Crippen molar-refractivity contribution in [3.63, 3.8) is 0 Å². The zero-order valence-electron chi connectivity index (χ0n) is 13.0. The molecule has 3 aromatic rings. The van der Waals surface area contributed by atoms with Crippen LogP contribution in [-0.4, -0.2) is 19.7 Å². The molecule has 0 saturated heterocycles. The Morgan fingerprint density at radius 1 is 1.22 bits per heavy atom. The minimum Gasteiger partial charge on any atom is -0.382 e. The number of anilines is 1. The molecule has 23 heavy (non-hydrogen) atoms. The number of nitrogens with two attached hydrogens (primary N) is 1. The fourth-order valence-electron chi connectivity index (χ4n) is 2.31. The van der Waals surface area contributed by atoms with Gasteiger partial charge in [0.1, 0.15) is 17.5 Å². The van der Waals surface area contributed by atoms with E-state index in [2.05, 4.69) is 34.1 Å². The molecule has 0 fully saturated rings. The average molecular weight is 304 g/mol. The molecule has 0 aliphatic carbocycles. The minimum atomic E-state index is 0.241. The van der Waals surface area contributed by atoms with E-state index in [-0.39, 0.29) is 5.82 Å². The summed E-state index contributed by atoms with van der Waals surface area (Å²) in [5.74, 6) is 0.601. The summed E-state index contributed by atoms with van der Waals surface area (Å²) >= 11 is 0. The molecule has 6 heteroatoms. The van der Waals surface area contributed by atoms with Crippen LogP contribution in [0, 0.1) is 18.3 Å². The van der Waals surface area contributed by atoms with Crippen LogP contribution in [0.1, 0.15) is 23.7 Å². The van der Waals surface area contributed by atoms with Crippen LogP contribution in [-0.2, 0) is 6.42 Å². The van der Waals surface area contributed by atoms with Gasteiger partial charge in [-0.15, -0.1) is 0 Å². The molecular weight excluding hydrogens is 288 g/mol. The van der Waals surface area contributed by atoms with Gasteiger partial charge in [0, 0.05) is 11.3 Å². The predicted octanol–water partition coefficient (Wildman–Crippen LogP) is 2.65. The van der Waals surface area contributed by atoms with E-state index in [0.717, 1.165) is 23.4 Å². The van der Waals surface area contributed by atoms with Crippen molar-refractivity contribution < 1.29 is 0 Å². The molecule has 0 spiro atoms. The van der Waals surface area contributed by atoms with Crippen LogP contribution in [0.25, 0.3) is 17.2 Å². The van der Waals surface area contributed by atoms with Gasteiger partial charge in [-0.25, -0.2) is 9.97 Å². The Morgan fingerprint density at radius 3 is 2.57 bits per heavy atom. The topological polar surface area (TPSA) is 93.4 Å². The van der Waals surface area contributed by atoms with E-state index in [0.29, 0.717) is 11.5 Å². The van der Waals surface area contributed by atoms with Crippen molar-refractivity contribution >= 4 is 5.82 Å². The van der Waals surface area contributed by atoms with E-state index in [1.165, 1.54) is 16.4 Å². The fraction of sp³-hybridized carbons (Fsp3) is 0.176. The van der Waals surface area contributed by atoms with Crippen molar-refractivity contribution in [3.8, 4) is 23.3 Å². The highest BCUT2D eigenvalue weighted by Crippen LogP contribution is 2.21. The molecule has 0 amide bonds. The van der Waals surface area contributed by atoms with E-state index in [1.54, 1.807) is 0 Å². The number of nitrogen functional groups attached to an aromatic ring is 1. The first-order valence-electron chi connectivity index (χ1n) is 7.31. The molecule has 0 aliphatic rings. The van der Waals surface area contributed by atoms with Crippen molar-refractivity contribution in [1.82, 2.24) is 19.7 Å². The second-order valence-electron chi connectivity index (χ2n) is 5.21. The molecule has 0 saturated carbocycles. The zero-order valence-corrected chi connectivity index (χ0v) is 13.0. The Kier molecular flexibility index (Phi) is 3.77. The van der Waals surface area contributed by atoms with Crippen LogP contribution in [0.15, 0.2) is 36.5 Å². The summed E-state index contributed by atoms with van der Waals surface area (Å²) in [5.41, 5.74) is 10.1. The molecule has 2 aromatic heterocycles. The smallest absolute Gasteiger partial charge is 0.253 e. The summed E-state index contributed by atoms with van der Waals surface area (Å²) in [4.78, 5) is 8.91. The number of hydrogen-bond acceptors (Lipinski definition) is 5. The maximum absolute atomic E-state index is 8.99. The first kappa shape index (κ1) is 14.7. The van der Waals surface area contributed by atoms with E-state index in [4.69, 9.17) is 11.0 Å². The normalized spacial score (nSPS) is 10.5. The Hall–Kier alpha value is -3.20. The van der Waals surface area contributed by atoms with Crippen LogP contribution in [0.4, 0.5) is 5.82 Å². The quantitative estimate of drug-likeness (QED) is 0.803. The second-order valence-corrected chi connectivity index (χ2v) is 5.21. The Bertz CT molecular complexity index is 886. The molecule has 2 heterocycles. The summed E-state index contributed by atoms with van der Waals surface area (Å²) in [6.45, 7) is 4.01. The van der Waals surface area contributed by atoms with Gasteiger partial charge in [0.15, 0.2) is 0 Å². The van der Waals surface area contributed by atoms with E-state index in [9.17, 15) is 0 Å². The number of aromatic nitrogens is 4. The molecule has 3 rings (SSSR count). The number of nitrogens with zero attached hydrogens (tertiary/aromatic N) is 5. The predicted molar refractivity (Wildman–Crippen MR) is 87.8 cm³/mol. The van der Waals surface area contributed by atoms with Gasteiger partial charge in [-0.05, 0) is 25.0 Å². The number of benzene rings is 1. The van der Waals surface area contributed by atoms with Crippen LogP contribution in [0.2, 0.25) is 0 Å². The van der Waals surface area contributed by atoms with Crippen LogP contribution in [0.3, 0.4) is 0 Å². The third kappa shape index (κ3) is 2.77. The third-order valence-corrected chi connectivity index (χ3v) is 3.62. The van der Waals surface area contributed by atoms with Crippen LogP contribution in [0.5, 0.6) is 0 Å². The van der Waals surface area contributed by atoms with E-state index >= 15 is 0 Å². The van der Waals surface area contributed by atoms with E-state index in [1.807, 2.05) is 31.2 Å². The highest BCUT2D eigenvalue weighted by Gasteiger charge is 2.13. The van der Waals surface area contributed by atoms with Gasteiger partial charge < -0.3 is 5.73 Å².